The highest BCUT2D eigenvalue weighted by atomic mass is 19.1. The van der Waals surface area contributed by atoms with Crippen LogP contribution in [0.4, 0.5) is 4.39 Å². The van der Waals surface area contributed by atoms with Gasteiger partial charge in [0.05, 0.1) is 0 Å². The average Bonchev–Trinajstić information content (AvgIpc) is 3.01. The topological polar surface area (TPSA) is 95.7 Å². The maximum Gasteiger partial charge on any atom is 0.246 e. The lowest BCUT2D eigenvalue weighted by Crippen LogP contribution is -2.55. The van der Waals surface area contributed by atoms with Gasteiger partial charge in [-0.3, -0.25) is 14.4 Å². The summed E-state index contributed by atoms with van der Waals surface area (Å²) in [5.41, 5.74) is 9.77. The van der Waals surface area contributed by atoms with Gasteiger partial charge in [-0.2, -0.15) is 0 Å². The first-order chi connectivity index (χ1) is 20.6. The van der Waals surface area contributed by atoms with Crippen LogP contribution in [0.5, 0.6) is 0 Å². The van der Waals surface area contributed by atoms with Crippen LogP contribution in [0.3, 0.4) is 0 Å². The molecule has 0 aliphatic heterocycles. The first-order valence-electron chi connectivity index (χ1n) is 14.7. The van der Waals surface area contributed by atoms with E-state index in [0.29, 0.717) is 12.0 Å². The maximum atomic E-state index is 14.1. The third kappa shape index (κ3) is 8.17. The Hall–Kier alpha value is -4.30. The van der Waals surface area contributed by atoms with Crippen molar-refractivity contribution in [2.24, 2.45) is 5.73 Å². The number of carbonyl (C=O) groups is 3. The fraction of sp³-hybridized carbons (Fsp3) is 0.343. The summed E-state index contributed by atoms with van der Waals surface area (Å²) >= 11 is 0. The van der Waals surface area contributed by atoms with E-state index in [9.17, 15) is 18.8 Å². The molecule has 3 amide bonds. The van der Waals surface area contributed by atoms with Crippen molar-refractivity contribution in [2.75, 3.05) is 21.1 Å². The van der Waals surface area contributed by atoms with Gasteiger partial charge in [0.15, 0.2) is 0 Å². The largest absolute Gasteiger partial charge is 0.357 e. The van der Waals surface area contributed by atoms with Gasteiger partial charge in [0.1, 0.15) is 17.9 Å². The molecule has 3 aromatic carbocycles. The van der Waals surface area contributed by atoms with E-state index in [1.807, 2.05) is 54.6 Å². The normalized spacial score (nSPS) is 15.3. The van der Waals surface area contributed by atoms with E-state index in [1.165, 1.54) is 35.1 Å². The van der Waals surface area contributed by atoms with E-state index in [4.69, 9.17) is 5.73 Å². The fourth-order valence-electron chi connectivity index (χ4n) is 5.38. The molecule has 43 heavy (non-hydrogen) atoms. The quantitative estimate of drug-likeness (QED) is 0.307. The lowest BCUT2D eigenvalue weighted by molar-refractivity contribution is -0.146. The van der Waals surface area contributed by atoms with E-state index in [0.717, 1.165) is 36.0 Å². The summed E-state index contributed by atoms with van der Waals surface area (Å²) < 4.78 is 13.5. The van der Waals surface area contributed by atoms with Crippen molar-refractivity contribution in [1.82, 2.24) is 15.1 Å². The molecule has 226 valence electrons. The second-order valence-electron chi connectivity index (χ2n) is 11.5. The van der Waals surface area contributed by atoms with Crippen LogP contribution in [-0.4, -0.2) is 66.3 Å². The number of carbonyl (C=O) groups excluding carboxylic acids is 3. The maximum absolute atomic E-state index is 14.1. The number of likely N-dealkylation sites (N-methyl/N-ethyl adjacent to an activating group) is 3. The molecule has 1 aliphatic carbocycles. The molecule has 0 bridgehead atoms. The van der Waals surface area contributed by atoms with Gasteiger partial charge < -0.3 is 20.9 Å². The summed E-state index contributed by atoms with van der Waals surface area (Å²) in [6, 6.07) is 22.0. The molecule has 0 unspecified atom stereocenters. The number of rotatable bonds is 12. The summed E-state index contributed by atoms with van der Waals surface area (Å²) in [7, 11) is 4.69. The van der Waals surface area contributed by atoms with Crippen LogP contribution in [0.15, 0.2) is 91.0 Å². The molecule has 1 saturated carbocycles. The minimum atomic E-state index is -0.874. The molecule has 0 saturated heterocycles. The van der Waals surface area contributed by atoms with Gasteiger partial charge >= 0.3 is 0 Å². The summed E-state index contributed by atoms with van der Waals surface area (Å²) in [5.74, 6) is -1.42. The van der Waals surface area contributed by atoms with Gasteiger partial charge in [-0.05, 0) is 66.1 Å². The summed E-state index contributed by atoms with van der Waals surface area (Å²) in [4.78, 5) is 43.3. The molecular weight excluding hydrogens is 543 g/mol. The molecule has 1 fully saturated rings. The number of benzene rings is 3. The predicted octanol–water partition coefficient (Wildman–Crippen LogP) is 4.51. The van der Waals surface area contributed by atoms with Crippen molar-refractivity contribution in [3.63, 3.8) is 0 Å². The highest BCUT2D eigenvalue weighted by Crippen LogP contribution is 2.32. The first-order valence-corrected chi connectivity index (χ1v) is 14.7. The van der Waals surface area contributed by atoms with E-state index in [2.05, 4.69) is 5.32 Å². The smallest absolute Gasteiger partial charge is 0.246 e. The Morgan fingerprint density at radius 3 is 1.98 bits per heavy atom. The SMILES string of the molecule is CNC(=O)[C@@H](Cc1ccc(F)cc1)N(C)C(=O)[C@@H](Cc1ccc(-c2ccccc2)cc1)N(C)C(=O)/C=C/CC1(N)CCC1. The molecule has 3 aromatic rings. The number of amides is 3. The van der Waals surface area contributed by atoms with Crippen LogP contribution in [-0.2, 0) is 27.2 Å². The molecule has 4 rings (SSSR count). The van der Waals surface area contributed by atoms with Crippen LogP contribution < -0.4 is 11.1 Å². The highest BCUT2D eigenvalue weighted by Gasteiger charge is 2.35. The average molecular weight is 585 g/mol. The number of hydrogen-bond donors (Lipinski definition) is 2. The Morgan fingerprint density at radius 2 is 1.42 bits per heavy atom. The molecule has 0 spiro atoms. The van der Waals surface area contributed by atoms with Gasteiger partial charge in [0, 0.05) is 39.5 Å². The Morgan fingerprint density at radius 1 is 0.860 bits per heavy atom. The second-order valence-corrected chi connectivity index (χ2v) is 11.5. The number of halogens is 1. The summed E-state index contributed by atoms with van der Waals surface area (Å²) in [5, 5.41) is 2.64. The van der Waals surface area contributed by atoms with Crippen molar-refractivity contribution < 1.29 is 18.8 Å². The van der Waals surface area contributed by atoms with E-state index >= 15 is 0 Å². The van der Waals surface area contributed by atoms with E-state index < -0.39 is 12.1 Å². The standard InChI is InChI=1S/C35H41FN4O3/c1-38-33(42)30(23-26-14-18-29(36)19-15-26)40(3)34(43)31(39(2)32(41)11-7-20-35(37)21-8-22-35)24-25-12-16-28(17-13-25)27-9-5-4-6-10-27/h4-7,9-19,30-31H,8,20-24,37H2,1-3H3,(H,38,42)/b11-7+/t30-,31-/m1/s1. The third-order valence-corrected chi connectivity index (χ3v) is 8.43. The fourth-order valence-corrected chi connectivity index (χ4v) is 5.38. The number of hydrogen-bond acceptors (Lipinski definition) is 4. The Labute approximate surface area is 253 Å². The minimum Gasteiger partial charge on any atom is -0.357 e. The lowest BCUT2D eigenvalue weighted by atomic mass is 9.75. The molecule has 0 heterocycles. The van der Waals surface area contributed by atoms with Gasteiger partial charge in [0.25, 0.3) is 0 Å². The zero-order chi connectivity index (χ0) is 31.0. The van der Waals surface area contributed by atoms with Crippen LogP contribution >= 0.6 is 0 Å². The highest BCUT2D eigenvalue weighted by molar-refractivity contribution is 5.95. The summed E-state index contributed by atoms with van der Waals surface area (Å²) in [6.45, 7) is 0. The molecule has 0 aromatic heterocycles. The molecule has 8 heteroatoms. The molecule has 7 nitrogen and oxygen atoms in total. The number of nitrogens with zero attached hydrogens (tertiary/aromatic N) is 2. The van der Waals surface area contributed by atoms with E-state index in [1.54, 1.807) is 32.3 Å². The van der Waals surface area contributed by atoms with Gasteiger partial charge in [-0.15, -0.1) is 0 Å². The Kier molecular flexibility index (Phi) is 10.5. The van der Waals surface area contributed by atoms with Crippen molar-refractivity contribution in [2.45, 2.75) is 56.1 Å². The number of nitrogens with one attached hydrogen (secondary N) is 1. The molecule has 2 atom stereocenters. The van der Waals surface area contributed by atoms with Crippen molar-refractivity contribution >= 4 is 17.7 Å². The second kappa shape index (κ2) is 14.2. The monoisotopic (exact) mass is 584 g/mol. The molecular formula is C35H41FN4O3. The zero-order valence-corrected chi connectivity index (χ0v) is 25.1. The summed E-state index contributed by atoms with van der Waals surface area (Å²) in [6.07, 6.45) is 7.28. The van der Waals surface area contributed by atoms with Gasteiger partial charge in [0.2, 0.25) is 17.7 Å². The third-order valence-electron chi connectivity index (χ3n) is 8.43. The number of nitrogens with two attached hydrogens (primary N) is 1. The van der Waals surface area contributed by atoms with Crippen LogP contribution in [0.1, 0.15) is 36.8 Å². The van der Waals surface area contributed by atoms with Crippen LogP contribution in [0.25, 0.3) is 11.1 Å². The molecule has 3 N–H and O–H groups in total. The van der Waals surface area contributed by atoms with Crippen LogP contribution in [0.2, 0.25) is 0 Å². The van der Waals surface area contributed by atoms with Crippen LogP contribution in [0, 0.1) is 5.82 Å². The molecule has 0 radical (unpaired) electrons. The lowest BCUT2D eigenvalue weighted by Gasteiger charge is -2.37. The van der Waals surface area contributed by atoms with Crippen molar-refractivity contribution in [3.05, 3.63) is 108 Å². The minimum absolute atomic E-state index is 0.191. The van der Waals surface area contributed by atoms with Gasteiger partial charge in [-0.25, -0.2) is 4.39 Å². The Balaban J connectivity index is 1.58. The molecule has 1 aliphatic rings. The predicted molar refractivity (Wildman–Crippen MR) is 167 cm³/mol. The zero-order valence-electron chi connectivity index (χ0n) is 25.1. The van der Waals surface area contributed by atoms with Crippen molar-refractivity contribution in [3.8, 4) is 11.1 Å². The first kappa shape index (κ1) is 31.6. The van der Waals surface area contributed by atoms with E-state index in [-0.39, 0.29) is 41.9 Å². The van der Waals surface area contributed by atoms with Crippen molar-refractivity contribution in [1.29, 1.82) is 0 Å². The Bertz CT molecular complexity index is 1420. The van der Waals surface area contributed by atoms with Gasteiger partial charge in [-0.1, -0.05) is 72.8 Å².